The maximum Gasteiger partial charge on any atom is 0.319 e. The van der Waals surface area contributed by atoms with Crippen molar-refractivity contribution in [3.8, 4) is 5.75 Å². The van der Waals surface area contributed by atoms with E-state index < -0.39 is 5.03 Å². The molecule has 0 unspecified atom stereocenters. The Morgan fingerprint density at radius 3 is 2.75 bits per heavy atom. The first-order chi connectivity index (χ1) is 7.58. The highest BCUT2D eigenvalue weighted by Gasteiger charge is 2.00. The van der Waals surface area contributed by atoms with E-state index in [9.17, 15) is 10.1 Å². The van der Waals surface area contributed by atoms with Gasteiger partial charge in [0, 0.05) is 10.7 Å². The van der Waals surface area contributed by atoms with Crippen LogP contribution in [0.5, 0.6) is 5.75 Å². The molecular formula is C8H10N5O3+. The maximum absolute atomic E-state index is 9.95. The minimum atomic E-state index is -0.818. The van der Waals surface area contributed by atoms with Gasteiger partial charge in [0.15, 0.2) is 5.03 Å². The van der Waals surface area contributed by atoms with Crippen LogP contribution in [-0.4, -0.2) is 22.3 Å². The molecular weight excluding hydrogens is 214 g/mol. The van der Waals surface area contributed by atoms with E-state index in [1.807, 2.05) is 0 Å². The summed E-state index contributed by atoms with van der Waals surface area (Å²) in [7, 11) is 0. The summed E-state index contributed by atoms with van der Waals surface area (Å²) in [4.78, 5) is 9.95. The van der Waals surface area contributed by atoms with Crippen molar-refractivity contribution in [2.75, 3.05) is 0 Å². The van der Waals surface area contributed by atoms with E-state index in [1.165, 1.54) is 18.3 Å². The summed E-state index contributed by atoms with van der Waals surface area (Å²) in [5, 5.41) is 24.0. The van der Waals surface area contributed by atoms with E-state index in [0.717, 1.165) is 5.56 Å². The number of hydrogen-bond acceptors (Lipinski definition) is 4. The van der Waals surface area contributed by atoms with Crippen LogP contribution in [0, 0.1) is 10.1 Å². The number of nitrogens with two attached hydrogens (primary N) is 1. The quantitative estimate of drug-likeness (QED) is 0.202. The maximum atomic E-state index is 9.95. The van der Waals surface area contributed by atoms with Crippen LogP contribution >= 0.6 is 0 Å². The lowest BCUT2D eigenvalue weighted by atomic mass is 10.2. The average Bonchev–Trinajstić information content (AvgIpc) is 2.20. The fraction of sp³-hybridized carbons (Fsp3) is 0. The predicted molar refractivity (Wildman–Crippen MR) is 56.0 cm³/mol. The van der Waals surface area contributed by atoms with Crippen LogP contribution in [0.15, 0.2) is 29.4 Å². The molecule has 16 heavy (non-hydrogen) atoms. The Balaban J connectivity index is 2.60. The molecule has 0 saturated heterocycles. The summed E-state index contributed by atoms with van der Waals surface area (Å²) in [6, 6.07) is 6.26. The fourth-order valence-electron chi connectivity index (χ4n) is 0.865. The Morgan fingerprint density at radius 2 is 2.19 bits per heavy atom. The van der Waals surface area contributed by atoms with Crippen LogP contribution in [0.2, 0.25) is 0 Å². The van der Waals surface area contributed by atoms with Gasteiger partial charge in [-0.25, -0.2) is 10.1 Å². The second kappa shape index (κ2) is 5.29. The molecule has 1 aromatic rings. The third-order valence-corrected chi connectivity index (χ3v) is 1.52. The number of aromatic hydroxyl groups is 1. The van der Waals surface area contributed by atoms with Crippen molar-refractivity contribution in [1.82, 2.24) is 5.43 Å². The van der Waals surface area contributed by atoms with Gasteiger partial charge < -0.3 is 10.8 Å². The first-order valence-corrected chi connectivity index (χ1v) is 4.20. The number of phenols is 1. The number of hydrazine groups is 1. The van der Waals surface area contributed by atoms with Crippen molar-refractivity contribution in [3.05, 3.63) is 39.9 Å². The number of hydrazone groups is 1. The number of rotatable bonds is 3. The van der Waals surface area contributed by atoms with Crippen molar-refractivity contribution in [1.29, 1.82) is 0 Å². The van der Waals surface area contributed by atoms with E-state index in [0.29, 0.717) is 0 Å². The minimum Gasteiger partial charge on any atom is -0.508 e. The Labute approximate surface area is 90.2 Å². The molecule has 0 aliphatic heterocycles. The summed E-state index contributed by atoms with van der Waals surface area (Å²) in [5.74, 6) is -0.213. The van der Waals surface area contributed by atoms with Gasteiger partial charge in [0.25, 0.3) is 0 Å². The number of nitrogens with one attached hydrogen (secondary N) is 2. The van der Waals surface area contributed by atoms with Crippen LogP contribution < -0.4 is 16.3 Å². The molecule has 0 saturated carbocycles. The molecule has 8 nitrogen and oxygen atoms in total. The zero-order valence-corrected chi connectivity index (χ0v) is 8.12. The highest BCUT2D eigenvalue weighted by molar-refractivity contribution is 5.77. The molecule has 5 N–H and O–H groups in total. The summed E-state index contributed by atoms with van der Waals surface area (Å²) < 4.78 is 0. The van der Waals surface area contributed by atoms with E-state index in [-0.39, 0.29) is 11.7 Å². The van der Waals surface area contributed by atoms with Gasteiger partial charge in [0.05, 0.1) is 0 Å². The Hall–Kier alpha value is -2.64. The Morgan fingerprint density at radius 1 is 1.56 bits per heavy atom. The van der Waals surface area contributed by atoms with E-state index in [2.05, 4.69) is 10.2 Å². The number of benzene rings is 1. The van der Waals surface area contributed by atoms with E-state index in [1.54, 1.807) is 17.6 Å². The van der Waals surface area contributed by atoms with Gasteiger partial charge in [0.2, 0.25) is 6.21 Å². The molecule has 0 atom stereocenters. The predicted octanol–water partition coefficient (Wildman–Crippen LogP) is -2.10. The number of nitrogens with zero attached hydrogens (tertiary/aromatic N) is 2. The van der Waals surface area contributed by atoms with Crippen LogP contribution in [0.4, 0.5) is 0 Å². The molecule has 0 aliphatic carbocycles. The van der Waals surface area contributed by atoms with Gasteiger partial charge in [-0.05, 0) is 24.3 Å². The van der Waals surface area contributed by atoms with Crippen LogP contribution in [-0.2, 0) is 0 Å². The number of guanidine groups is 1. The van der Waals surface area contributed by atoms with E-state index in [4.69, 9.17) is 10.8 Å². The van der Waals surface area contributed by atoms with Crippen LogP contribution in [0.1, 0.15) is 5.56 Å². The molecule has 0 spiro atoms. The third-order valence-electron chi connectivity index (χ3n) is 1.52. The summed E-state index contributed by atoms with van der Waals surface area (Å²) in [5.41, 5.74) is 7.54. The van der Waals surface area contributed by atoms with Crippen molar-refractivity contribution in [2.45, 2.75) is 0 Å². The summed E-state index contributed by atoms with van der Waals surface area (Å²) in [6.45, 7) is 0. The molecule has 0 aliphatic rings. The second-order valence-electron chi connectivity index (χ2n) is 2.73. The zero-order valence-electron chi connectivity index (χ0n) is 8.12. The first kappa shape index (κ1) is 11.4. The smallest absolute Gasteiger partial charge is 0.319 e. The highest BCUT2D eigenvalue weighted by atomic mass is 16.7. The summed E-state index contributed by atoms with van der Waals surface area (Å²) >= 11 is 0. The van der Waals surface area contributed by atoms with Crippen molar-refractivity contribution in [2.24, 2.45) is 10.8 Å². The van der Waals surface area contributed by atoms with Crippen LogP contribution in [0.3, 0.4) is 0 Å². The van der Waals surface area contributed by atoms with Crippen LogP contribution in [0.25, 0.3) is 0 Å². The number of hydrogen-bond donors (Lipinski definition) is 4. The molecule has 0 bridgehead atoms. The van der Waals surface area contributed by atoms with Gasteiger partial charge in [-0.15, -0.1) is 5.10 Å². The zero-order chi connectivity index (χ0) is 12.0. The molecule has 1 aromatic carbocycles. The number of nitro groups is 1. The van der Waals surface area contributed by atoms with Gasteiger partial charge >= 0.3 is 5.96 Å². The molecule has 84 valence electrons. The topological polar surface area (TPSA) is 128 Å². The lowest BCUT2D eigenvalue weighted by molar-refractivity contribution is -0.528. The fourth-order valence-corrected chi connectivity index (χ4v) is 0.865. The molecule has 0 heterocycles. The molecule has 0 aromatic heterocycles. The summed E-state index contributed by atoms with van der Waals surface area (Å²) in [6.07, 6.45) is 1.47. The lowest BCUT2D eigenvalue weighted by Gasteiger charge is -1.90. The Kier molecular flexibility index (Phi) is 3.78. The molecule has 8 heteroatoms. The molecule has 0 amide bonds. The minimum absolute atomic E-state index is 0.148. The third kappa shape index (κ3) is 4.05. The molecule has 0 fully saturated rings. The van der Waals surface area contributed by atoms with Crippen molar-refractivity contribution in [3.63, 3.8) is 0 Å². The highest BCUT2D eigenvalue weighted by Crippen LogP contribution is 2.06. The first-order valence-electron chi connectivity index (χ1n) is 4.20. The Bertz CT molecular complexity index is 426. The monoisotopic (exact) mass is 224 g/mol. The average molecular weight is 224 g/mol. The molecule has 0 radical (unpaired) electrons. The standard InChI is InChI=1S/C8H9N5O3/c9-8(12-13(15)16)11-10-5-6-1-3-7(14)4-2-6/h1-5,14H,(H3,9,11,12)/p+1/b10-5+. The van der Waals surface area contributed by atoms with Gasteiger partial charge in [-0.2, -0.15) is 0 Å². The lowest BCUT2D eigenvalue weighted by Crippen LogP contribution is -2.64. The van der Waals surface area contributed by atoms with Gasteiger partial charge in [-0.3, -0.25) is 0 Å². The van der Waals surface area contributed by atoms with Gasteiger partial charge in [-0.1, -0.05) is 5.43 Å². The van der Waals surface area contributed by atoms with E-state index >= 15 is 0 Å². The normalized spacial score (nSPS) is 11.6. The van der Waals surface area contributed by atoms with Gasteiger partial charge in [0.1, 0.15) is 5.75 Å². The largest absolute Gasteiger partial charge is 0.508 e. The van der Waals surface area contributed by atoms with Crippen molar-refractivity contribution >= 4 is 12.2 Å². The number of phenolic OH excluding ortho intramolecular Hbond substituents is 1. The second-order valence-corrected chi connectivity index (χ2v) is 2.73. The SMILES string of the molecule is NC(=N/[NH+]=C/c1ccc(O)cc1)N[N+](=O)[O-]. The molecule has 1 rings (SSSR count). The van der Waals surface area contributed by atoms with Crippen molar-refractivity contribution < 1.29 is 15.2 Å².